The molecule has 2 saturated heterocycles. The van der Waals surface area contributed by atoms with Crippen LogP contribution in [0.3, 0.4) is 0 Å². The number of carbonyl (C=O) groups is 3. The number of carbonyl (C=O) groups excluding carboxylic acids is 3. The minimum atomic E-state index is -1.45. The van der Waals surface area contributed by atoms with Gasteiger partial charge in [0.2, 0.25) is 11.8 Å². The molecule has 1 spiro atoms. The van der Waals surface area contributed by atoms with E-state index in [0.29, 0.717) is 36.4 Å². The molecule has 3 aliphatic rings. The summed E-state index contributed by atoms with van der Waals surface area (Å²) in [6.45, 7) is 10.3. The average Bonchev–Trinajstić information content (AvgIpc) is 3.40. The van der Waals surface area contributed by atoms with Gasteiger partial charge in [-0.1, -0.05) is 43.3 Å². The lowest BCUT2D eigenvalue weighted by Crippen LogP contribution is -2.46. The molecule has 2 N–H and O–H groups in total. The molecular formula is C34H43N3O6. The molecule has 9 heteroatoms. The first-order valence-corrected chi connectivity index (χ1v) is 15.2. The number of aliphatic hydroxyl groups excluding tert-OH is 1. The van der Waals surface area contributed by atoms with Crippen LogP contribution in [0.5, 0.6) is 0 Å². The van der Waals surface area contributed by atoms with E-state index in [1.807, 2.05) is 55.5 Å². The quantitative estimate of drug-likeness (QED) is 0.409. The molecule has 5 rings (SSSR count). The Labute approximate surface area is 253 Å². The molecule has 3 heterocycles. The van der Waals surface area contributed by atoms with Crippen molar-refractivity contribution in [3.8, 4) is 0 Å². The van der Waals surface area contributed by atoms with Crippen LogP contribution in [0.4, 0.5) is 11.4 Å². The van der Waals surface area contributed by atoms with Gasteiger partial charge in [0.1, 0.15) is 0 Å². The monoisotopic (exact) mass is 589 g/mol. The van der Waals surface area contributed by atoms with Crippen molar-refractivity contribution in [1.29, 1.82) is 0 Å². The second kappa shape index (κ2) is 12.2. The molecule has 2 aromatic carbocycles. The van der Waals surface area contributed by atoms with Gasteiger partial charge in [-0.05, 0) is 50.5 Å². The summed E-state index contributed by atoms with van der Waals surface area (Å²) < 4.78 is 6.80. The zero-order valence-corrected chi connectivity index (χ0v) is 25.4. The maximum absolute atomic E-state index is 14.4. The minimum Gasteiger partial charge on any atom is -0.395 e. The molecule has 0 unspecified atom stereocenters. The maximum Gasteiger partial charge on any atom is 0.264 e. The van der Waals surface area contributed by atoms with E-state index in [2.05, 4.69) is 6.58 Å². The van der Waals surface area contributed by atoms with Crippen LogP contribution in [0, 0.1) is 11.8 Å². The number of benzene rings is 2. The van der Waals surface area contributed by atoms with Crippen molar-refractivity contribution in [1.82, 2.24) is 4.90 Å². The second-order valence-electron chi connectivity index (χ2n) is 12.5. The van der Waals surface area contributed by atoms with Crippen LogP contribution in [0.2, 0.25) is 0 Å². The zero-order chi connectivity index (χ0) is 30.9. The first-order valence-electron chi connectivity index (χ1n) is 15.2. The van der Waals surface area contributed by atoms with E-state index >= 15 is 0 Å². The van der Waals surface area contributed by atoms with Crippen molar-refractivity contribution in [2.24, 2.45) is 11.8 Å². The Morgan fingerprint density at radius 3 is 2.58 bits per heavy atom. The first kappa shape index (κ1) is 30.9. The Morgan fingerprint density at radius 1 is 1.19 bits per heavy atom. The van der Waals surface area contributed by atoms with E-state index in [-0.39, 0.29) is 43.8 Å². The summed E-state index contributed by atoms with van der Waals surface area (Å²) >= 11 is 0. The fourth-order valence-electron chi connectivity index (χ4n) is 7.34. The van der Waals surface area contributed by atoms with Crippen molar-refractivity contribution < 1.29 is 29.3 Å². The predicted molar refractivity (Wildman–Crippen MR) is 164 cm³/mol. The van der Waals surface area contributed by atoms with Gasteiger partial charge in [-0.15, -0.1) is 6.58 Å². The summed E-state index contributed by atoms with van der Waals surface area (Å²) in [5.74, 6) is -1.52. The van der Waals surface area contributed by atoms with Gasteiger partial charge in [0.05, 0.1) is 30.4 Å². The van der Waals surface area contributed by atoms with Crippen LogP contribution >= 0.6 is 0 Å². The standard InChI is InChI=1S/C34H43N3O6/c1-5-16-37-27-15-14-25(36-17-10-9-13-29(36)39)20-26(27)34(32(37)41)23(2)31(33(3,4)42)28(43-34)21-30(40)35(18-19-38)22-24-11-7-6-8-12-24/h5-8,11-12,14-15,20,23,28,31,38,42H,1,9-10,13,16-19,21-22H2,2-4H3/t23-,28+,31-,34+/m0/s1. The maximum atomic E-state index is 14.4. The van der Waals surface area contributed by atoms with Gasteiger partial charge < -0.3 is 29.6 Å². The molecule has 0 aromatic heterocycles. The Morgan fingerprint density at radius 2 is 1.93 bits per heavy atom. The Hall–Kier alpha value is -3.53. The highest BCUT2D eigenvalue weighted by Gasteiger charge is 2.66. The Kier molecular flexibility index (Phi) is 8.79. The van der Waals surface area contributed by atoms with Crippen LogP contribution in [0.25, 0.3) is 0 Å². The molecule has 0 radical (unpaired) electrons. The Balaban J connectivity index is 1.53. The molecule has 2 aromatic rings. The van der Waals surface area contributed by atoms with Crippen molar-refractivity contribution >= 4 is 29.1 Å². The molecular weight excluding hydrogens is 546 g/mol. The number of piperidine rings is 1. The van der Waals surface area contributed by atoms with Crippen LogP contribution in [0.15, 0.2) is 61.2 Å². The number of nitrogens with zero attached hydrogens (tertiary/aromatic N) is 3. The van der Waals surface area contributed by atoms with Gasteiger partial charge in [-0.3, -0.25) is 14.4 Å². The number of aliphatic hydroxyl groups is 2. The molecule has 0 bridgehead atoms. The molecule has 3 aliphatic heterocycles. The number of fused-ring (bicyclic) bond motifs is 2. The molecule has 2 fully saturated rings. The largest absolute Gasteiger partial charge is 0.395 e. The summed E-state index contributed by atoms with van der Waals surface area (Å²) in [4.78, 5) is 46.0. The first-order chi connectivity index (χ1) is 20.5. The number of hydrogen-bond donors (Lipinski definition) is 2. The highest BCUT2D eigenvalue weighted by molar-refractivity contribution is 6.08. The molecule has 43 heavy (non-hydrogen) atoms. The van der Waals surface area contributed by atoms with E-state index in [0.717, 1.165) is 18.4 Å². The SMILES string of the molecule is C=CCN1C(=O)[C@]2(O[C@H](CC(=O)N(CCO)Cc3ccccc3)[C@@H](C(C)(C)O)[C@@H]2C)c2cc(N3CCCCC3=O)ccc21. The van der Waals surface area contributed by atoms with E-state index in [1.165, 1.54) is 0 Å². The van der Waals surface area contributed by atoms with Gasteiger partial charge in [0, 0.05) is 55.7 Å². The molecule has 9 nitrogen and oxygen atoms in total. The van der Waals surface area contributed by atoms with E-state index < -0.39 is 29.1 Å². The van der Waals surface area contributed by atoms with Crippen molar-refractivity contribution in [3.05, 3.63) is 72.3 Å². The second-order valence-corrected chi connectivity index (χ2v) is 12.5. The van der Waals surface area contributed by atoms with E-state index in [4.69, 9.17) is 4.74 Å². The van der Waals surface area contributed by atoms with Gasteiger partial charge in [0.15, 0.2) is 5.60 Å². The fourth-order valence-corrected chi connectivity index (χ4v) is 7.34. The van der Waals surface area contributed by atoms with Crippen molar-refractivity contribution in [2.45, 2.75) is 70.3 Å². The van der Waals surface area contributed by atoms with Crippen LogP contribution in [-0.2, 0) is 31.3 Å². The Bertz CT molecular complexity index is 1370. The fraction of sp³-hybridized carbons (Fsp3) is 0.500. The normalized spacial score (nSPS) is 25.4. The van der Waals surface area contributed by atoms with Crippen LogP contribution in [-0.4, -0.2) is 70.8 Å². The van der Waals surface area contributed by atoms with Crippen LogP contribution < -0.4 is 9.80 Å². The van der Waals surface area contributed by atoms with E-state index in [9.17, 15) is 24.6 Å². The summed E-state index contributed by atoms with van der Waals surface area (Å²) in [7, 11) is 0. The van der Waals surface area contributed by atoms with Gasteiger partial charge >= 0.3 is 0 Å². The van der Waals surface area contributed by atoms with Crippen LogP contribution in [0.1, 0.15) is 57.6 Å². The van der Waals surface area contributed by atoms with Gasteiger partial charge in [-0.2, -0.15) is 0 Å². The number of amides is 3. The third kappa shape index (κ3) is 5.61. The highest BCUT2D eigenvalue weighted by Crippen LogP contribution is 2.58. The van der Waals surface area contributed by atoms with Gasteiger partial charge in [0.25, 0.3) is 5.91 Å². The lowest BCUT2D eigenvalue weighted by molar-refractivity contribution is -0.150. The highest BCUT2D eigenvalue weighted by atomic mass is 16.5. The van der Waals surface area contributed by atoms with Gasteiger partial charge in [-0.25, -0.2) is 0 Å². The predicted octanol–water partition coefficient (Wildman–Crippen LogP) is 3.76. The molecule has 4 atom stereocenters. The summed E-state index contributed by atoms with van der Waals surface area (Å²) in [6.07, 6.45) is 3.06. The van der Waals surface area contributed by atoms with Crippen molar-refractivity contribution in [2.75, 3.05) is 36.0 Å². The minimum absolute atomic E-state index is 0.0492. The molecule has 0 aliphatic carbocycles. The van der Waals surface area contributed by atoms with E-state index in [1.54, 1.807) is 34.6 Å². The number of rotatable bonds is 10. The zero-order valence-electron chi connectivity index (χ0n) is 25.4. The number of hydrogen-bond acceptors (Lipinski definition) is 6. The lowest BCUT2D eigenvalue weighted by Gasteiger charge is -2.34. The summed E-state index contributed by atoms with van der Waals surface area (Å²) in [5.41, 5.74) is 0.232. The summed E-state index contributed by atoms with van der Waals surface area (Å²) in [5, 5.41) is 21.2. The molecule has 230 valence electrons. The topological polar surface area (TPSA) is 111 Å². The molecule has 3 amide bonds. The third-order valence-corrected chi connectivity index (χ3v) is 9.23. The average molecular weight is 590 g/mol. The summed E-state index contributed by atoms with van der Waals surface area (Å²) in [6, 6.07) is 15.2. The smallest absolute Gasteiger partial charge is 0.264 e. The lowest BCUT2D eigenvalue weighted by atomic mass is 9.70. The third-order valence-electron chi connectivity index (χ3n) is 9.23. The van der Waals surface area contributed by atoms with Crippen molar-refractivity contribution in [3.63, 3.8) is 0 Å². The molecule has 0 saturated carbocycles. The number of anilines is 2. The number of ether oxygens (including phenoxy) is 1.